The van der Waals surface area contributed by atoms with Gasteiger partial charge in [-0.3, -0.25) is 9.48 Å². The highest BCUT2D eigenvalue weighted by Crippen LogP contribution is 2.26. The van der Waals surface area contributed by atoms with Crippen molar-refractivity contribution in [2.45, 2.75) is 33.4 Å². The fraction of sp³-hybridized carbons (Fsp3) is 0.333. The molecule has 2 aromatic rings. The summed E-state index contributed by atoms with van der Waals surface area (Å²) in [4.78, 5) is 12.3. The van der Waals surface area contributed by atoms with Crippen molar-refractivity contribution >= 4 is 34.8 Å². The molecule has 0 radical (unpaired) electrons. The van der Waals surface area contributed by atoms with E-state index in [1.54, 1.807) is 11.6 Å². The summed E-state index contributed by atoms with van der Waals surface area (Å²) in [6, 6.07) is 4.55. The van der Waals surface area contributed by atoms with Crippen LogP contribution in [0.3, 0.4) is 0 Å². The van der Waals surface area contributed by atoms with Crippen molar-refractivity contribution in [2.24, 2.45) is 0 Å². The van der Waals surface area contributed by atoms with Crippen LogP contribution >= 0.6 is 23.2 Å². The van der Waals surface area contributed by atoms with Gasteiger partial charge in [0.1, 0.15) is 0 Å². The average molecular weight is 342 g/mol. The van der Waals surface area contributed by atoms with E-state index in [2.05, 4.69) is 10.4 Å². The standard InChI is InChI=1S/C15H17Cl2N3O2/c1-4-20-9(3)13(8(2)19-20)18-15(22)14(21)10-5-11(16)7-12(17)6-10/h5-7,14,21H,4H2,1-3H3,(H,18,22). The molecule has 0 aliphatic carbocycles. The highest BCUT2D eigenvalue weighted by molar-refractivity contribution is 6.34. The highest BCUT2D eigenvalue weighted by Gasteiger charge is 2.21. The molecule has 7 heteroatoms. The number of hydrogen-bond donors (Lipinski definition) is 2. The fourth-order valence-electron chi connectivity index (χ4n) is 2.26. The van der Waals surface area contributed by atoms with Gasteiger partial charge in [-0.05, 0) is 44.5 Å². The number of aryl methyl sites for hydroxylation is 2. The molecule has 0 saturated carbocycles. The van der Waals surface area contributed by atoms with Crippen LogP contribution in [0.1, 0.15) is 30.0 Å². The smallest absolute Gasteiger partial charge is 0.257 e. The summed E-state index contributed by atoms with van der Waals surface area (Å²) in [5, 5.41) is 17.9. The van der Waals surface area contributed by atoms with Crippen molar-refractivity contribution < 1.29 is 9.90 Å². The van der Waals surface area contributed by atoms with Gasteiger partial charge in [-0.2, -0.15) is 5.10 Å². The SMILES string of the molecule is CCn1nc(C)c(NC(=O)C(O)c2cc(Cl)cc(Cl)c2)c1C. The van der Waals surface area contributed by atoms with Gasteiger partial charge >= 0.3 is 0 Å². The second kappa shape index (κ2) is 6.69. The van der Waals surface area contributed by atoms with Crippen LogP contribution in [0.4, 0.5) is 5.69 Å². The monoisotopic (exact) mass is 341 g/mol. The third-order valence-corrected chi connectivity index (χ3v) is 3.81. The second-order valence-corrected chi connectivity index (χ2v) is 5.83. The molecule has 0 bridgehead atoms. The number of aliphatic hydroxyl groups is 1. The summed E-state index contributed by atoms with van der Waals surface area (Å²) in [5.74, 6) is -0.555. The van der Waals surface area contributed by atoms with Gasteiger partial charge in [-0.25, -0.2) is 0 Å². The Morgan fingerprint density at radius 1 is 1.32 bits per heavy atom. The number of hydrogen-bond acceptors (Lipinski definition) is 3. The third kappa shape index (κ3) is 3.43. The molecule has 0 aliphatic heterocycles. The van der Waals surface area contributed by atoms with E-state index in [0.29, 0.717) is 33.5 Å². The van der Waals surface area contributed by atoms with Gasteiger partial charge in [0.05, 0.1) is 17.1 Å². The van der Waals surface area contributed by atoms with E-state index in [-0.39, 0.29) is 0 Å². The van der Waals surface area contributed by atoms with Gasteiger partial charge in [0, 0.05) is 16.6 Å². The molecule has 5 nitrogen and oxygen atoms in total. The van der Waals surface area contributed by atoms with E-state index in [1.807, 2.05) is 13.8 Å². The first-order valence-electron chi connectivity index (χ1n) is 6.82. The number of carbonyl (C=O) groups is 1. The van der Waals surface area contributed by atoms with Crippen LogP contribution in [0.5, 0.6) is 0 Å². The van der Waals surface area contributed by atoms with Crippen LogP contribution < -0.4 is 5.32 Å². The van der Waals surface area contributed by atoms with Crippen LogP contribution in [-0.4, -0.2) is 20.8 Å². The zero-order valence-corrected chi connectivity index (χ0v) is 14.0. The first-order valence-corrected chi connectivity index (χ1v) is 7.58. The van der Waals surface area contributed by atoms with Crippen LogP contribution in [0.15, 0.2) is 18.2 Å². The lowest BCUT2D eigenvalue weighted by Crippen LogP contribution is -2.21. The van der Waals surface area contributed by atoms with Crippen LogP contribution in [0.2, 0.25) is 10.0 Å². The number of nitrogens with zero attached hydrogens (tertiary/aromatic N) is 2. The van der Waals surface area contributed by atoms with E-state index in [1.165, 1.54) is 18.2 Å². The minimum Gasteiger partial charge on any atom is -0.378 e. The lowest BCUT2D eigenvalue weighted by Gasteiger charge is -2.13. The number of halogens is 2. The van der Waals surface area contributed by atoms with Crippen LogP contribution in [-0.2, 0) is 11.3 Å². The number of aliphatic hydroxyl groups excluding tert-OH is 1. The predicted molar refractivity (Wildman–Crippen MR) is 87.4 cm³/mol. The van der Waals surface area contributed by atoms with E-state index in [0.717, 1.165) is 5.69 Å². The van der Waals surface area contributed by atoms with Gasteiger partial charge in [-0.15, -0.1) is 0 Å². The Balaban J connectivity index is 2.23. The maximum atomic E-state index is 12.3. The molecule has 1 atom stereocenters. The van der Waals surface area contributed by atoms with Crippen molar-refractivity contribution in [3.8, 4) is 0 Å². The van der Waals surface area contributed by atoms with Gasteiger partial charge in [-0.1, -0.05) is 23.2 Å². The Morgan fingerprint density at radius 3 is 2.41 bits per heavy atom. The van der Waals surface area contributed by atoms with E-state index >= 15 is 0 Å². The number of benzene rings is 1. The molecule has 0 fully saturated rings. The first kappa shape index (κ1) is 16.8. The molecule has 0 aliphatic rings. The Bertz CT molecular complexity index is 693. The molecule has 118 valence electrons. The lowest BCUT2D eigenvalue weighted by atomic mass is 10.1. The molecule has 1 unspecified atom stereocenters. The Morgan fingerprint density at radius 2 is 1.91 bits per heavy atom. The van der Waals surface area contributed by atoms with Crippen molar-refractivity contribution in [3.05, 3.63) is 45.2 Å². The number of amides is 1. The third-order valence-electron chi connectivity index (χ3n) is 3.38. The Hall–Kier alpha value is -1.56. The van der Waals surface area contributed by atoms with Crippen LogP contribution in [0.25, 0.3) is 0 Å². The zero-order chi connectivity index (χ0) is 16.4. The summed E-state index contributed by atoms with van der Waals surface area (Å²) in [7, 11) is 0. The van der Waals surface area contributed by atoms with E-state index < -0.39 is 12.0 Å². The predicted octanol–water partition coefficient (Wildman–Crippen LogP) is 3.50. The molecule has 22 heavy (non-hydrogen) atoms. The quantitative estimate of drug-likeness (QED) is 0.894. The number of aromatic nitrogens is 2. The number of rotatable bonds is 4. The highest BCUT2D eigenvalue weighted by atomic mass is 35.5. The summed E-state index contributed by atoms with van der Waals surface area (Å²) in [6.07, 6.45) is -1.36. The van der Waals surface area contributed by atoms with E-state index in [9.17, 15) is 9.90 Å². The molecular formula is C15H17Cl2N3O2. The maximum absolute atomic E-state index is 12.3. The molecule has 1 aromatic carbocycles. The van der Waals surface area contributed by atoms with Crippen molar-refractivity contribution in [1.82, 2.24) is 9.78 Å². The molecule has 2 rings (SSSR count). The fourth-order valence-corrected chi connectivity index (χ4v) is 2.80. The lowest BCUT2D eigenvalue weighted by molar-refractivity contribution is -0.124. The van der Waals surface area contributed by atoms with Gasteiger partial charge in [0.2, 0.25) is 0 Å². The summed E-state index contributed by atoms with van der Waals surface area (Å²) >= 11 is 11.8. The summed E-state index contributed by atoms with van der Waals surface area (Å²) in [5.41, 5.74) is 2.49. The zero-order valence-electron chi connectivity index (χ0n) is 12.5. The first-order chi connectivity index (χ1) is 10.3. The van der Waals surface area contributed by atoms with Gasteiger partial charge in [0.25, 0.3) is 5.91 Å². The minimum atomic E-state index is -1.36. The van der Waals surface area contributed by atoms with Gasteiger partial charge in [0.15, 0.2) is 6.10 Å². The van der Waals surface area contributed by atoms with Crippen LogP contribution in [0, 0.1) is 13.8 Å². The molecule has 1 aromatic heterocycles. The molecule has 1 heterocycles. The normalized spacial score (nSPS) is 12.3. The van der Waals surface area contributed by atoms with Crippen molar-refractivity contribution in [1.29, 1.82) is 0 Å². The summed E-state index contributed by atoms with van der Waals surface area (Å²) in [6.45, 7) is 6.34. The number of carbonyl (C=O) groups excluding carboxylic acids is 1. The average Bonchev–Trinajstić information content (AvgIpc) is 2.72. The van der Waals surface area contributed by atoms with Crippen molar-refractivity contribution in [2.75, 3.05) is 5.32 Å². The van der Waals surface area contributed by atoms with Crippen molar-refractivity contribution in [3.63, 3.8) is 0 Å². The topological polar surface area (TPSA) is 67.2 Å². The van der Waals surface area contributed by atoms with Gasteiger partial charge < -0.3 is 10.4 Å². The Labute approximate surface area is 138 Å². The molecular weight excluding hydrogens is 325 g/mol. The maximum Gasteiger partial charge on any atom is 0.257 e. The molecule has 0 saturated heterocycles. The number of nitrogens with one attached hydrogen (secondary N) is 1. The molecule has 0 spiro atoms. The minimum absolute atomic E-state index is 0.341. The Kier molecular flexibility index (Phi) is 5.11. The number of anilines is 1. The largest absolute Gasteiger partial charge is 0.378 e. The molecule has 1 amide bonds. The summed E-state index contributed by atoms with van der Waals surface area (Å²) < 4.78 is 1.79. The molecule has 2 N–H and O–H groups in total. The second-order valence-electron chi connectivity index (χ2n) is 4.96. The van der Waals surface area contributed by atoms with E-state index in [4.69, 9.17) is 23.2 Å².